The normalized spacial score (nSPS) is 10.6. The number of nitrogens with zero attached hydrogens (tertiary/aromatic N) is 1. The molecule has 0 aliphatic rings. The summed E-state index contributed by atoms with van der Waals surface area (Å²) in [4.78, 5) is 4.09. The lowest BCUT2D eigenvalue weighted by molar-refractivity contribution is 0.129. The average Bonchev–Trinajstić information content (AvgIpc) is 2.38. The second kappa shape index (κ2) is 10.2. The van der Waals surface area contributed by atoms with E-state index < -0.39 is 0 Å². The van der Waals surface area contributed by atoms with Crippen LogP contribution in [0.5, 0.6) is 0 Å². The van der Waals surface area contributed by atoms with Gasteiger partial charge < -0.3 is 10.1 Å². The molecule has 0 aliphatic heterocycles. The summed E-state index contributed by atoms with van der Waals surface area (Å²) in [6, 6.07) is 4.10. The molecule has 3 heteroatoms. The van der Waals surface area contributed by atoms with Crippen LogP contribution in [-0.2, 0) is 11.2 Å². The molecule has 1 aromatic rings. The van der Waals surface area contributed by atoms with E-state index in [0.29, 0.717) is 0 Å². The fourth-order valence-electron chi connectivity index (χ4n) is 1.55. The molecule has 0 radical (unpaired) electrons. The molecule has 0 fully saturated rings. The monoisotopic (exact) mass is 236 g/mol. The highest BCUT2D eigenvalue weighted by molar-refractivity contribution is 5.08. The van der Waals surface area contributed by atoms with E-state index in [4.69, 9.17) is 4.74 Å². The topological polar surface area (TPSA) is 34.1 Å². The Morgan fingerprint density at radius 2 is 2.12 bits per heavy atom. The van der Waals surface area contributed by atoms with Gasteiger partial charge in [0.25, 0.3) is 0 Å². The Morgan fingerprint density at radius 1 is 1.24 bits per heavy atom. The standard InChI is InChI=1S/C14H24N2O/c1-2-3-11-17-12-5-9-15-10-7-14-6-4-8-16-13-14/h4,6,8,13,15H,2-3,5,7,9-12H2,1H3. The summed E-state index contributed by atoms with van der Waals surface area (Å²) in [5.41, 5.74) is 1.29. The third-order valence-electron chi connectivity index (χ3n) is 2.60. The molecule has 1 heterocycles. The Bertz CT molecular complexity index is 264. The molecule has 0 amide bonds. The first-order valence-corrected chi connectivity index (χ1v) is 6.61. The third kappa shape index (κ3) is 7.88. The Kier molecular flexibility index (Phi) is 8.51. The molecule has 1 N–H and O–H groups in total. The molecule has 0 atom stereocenters. The van der Waals surface area contributed by atoms with Gasteiger partial charge in [-0.1, -0.05) is 19.4 Å². The van der Waals surface area contributed by atoms with Gasteiger partial charge in [-0.3, -0.25) is 4.98 Å². The fourth-order valence-corrected chi connectivity index (χ4v) is 1.55. The second-order valence-electron chi connectivity index (χ2n) is 4.18. The maximum atomic E-state index is 5.49. The molecular formula is C14H24N2O. The summed E-state index contributed by atoms with van der Waals surface area (Å²) in [5, 5.41) is 3.42. The highest BCUT2D eigenvalue weighted by Crippen LogP contribution is 1.95. The van der Waals surface area contributed by atoms with Crippen LogP contribution in [0.2, 0.25) is 0 Å². The number of rotatable bonds is 10. The van der Waals surface area contributed by atoms with Crippen LogP contribution in [0, 0.1) is 0 Å². The van der Waals surface area contributed by atoms with E-state index >= 15 is 0 Å². The Hall–Kier alpha value is -0.930. The summed E-state index contributed by atoms with van der Waals surface area (Å²) in [5.74, 6) is 0. The number of aromatic nitrogens is 1. The van der Waals surface area contributed by atoms with Crippen LogP contribution in [0.25, 0.3) is 0 Å². The van der Waals surface area contributed by atoms with Crippen molar-refractivity contribution in [3.63, 3.8) is 0 Å². The van der Waals surface area contributed by atoms with E-state index in [2.05, 4.69) is 23.3 Å². The Labute approximate surface area is 105 Å². The molecule has 96 valence electrons. The van der Waals surface area contributed by atoms with Crippen LogP contribution in [0.15, 0.2) is 24.5 Å². The lowest BCUT2D eigenvalue weighted by Gasteiger charge is -2.05. The molecule has 1 aromatic heterocycles. The van der Waals surface area contributed by atoms with E-state index in [1.54, 1.807) is 0 Å². The van der Waals surface area contributed by atoms with Crippen molar-refractivity contribution >= 4 is 0 Å². The third-order valence-corrected chi connectivity index (χ3v) is 2.60. The molecule has 17 heavy (non-hydrogen) atoms. The fraction of sp³-hybridized carbons (Fsp3) is 0.643. The zero-order valence-electron chi connectivity index (χ0n) is 10.8. The van der Waals surface area contributed by atoms with Crippen LogP contribution in [0.4, 0.5) is 0 Å². The molecule has 0 aromatic carbocycles. The summed E-state index contributed by atoms with van der Waals surface area (Å²) < 4.78 is 5.49. The van der Waals surface area contributed by atoms with E-state index in [0.717, 1.165) is 39.1 Å². The Morgan fingerprint density at radius 3 is 2.88 bits per heavy atom. The van der Waals surface area contributed by atoms with Gasteiger partial charge in [0.2, 0.25) is 0 Å². The first-order chi connectivity index (χ1) is 8.43. The predicted molar refractivity (Wildman–Crippen MR) is 71.2 cm³/mol. The number of ether oxygens (including phenoxy) is 1. The van der Waals surface area contributed by atoms with Gasteiger partial charge in [0, 0.05) is 25.6 Å². The number of nitrogens with one attached hydrogen (secondary N) is 1. The molecule has 0 spiro atoms. The maximum Gasteiger partial charge on any atom is 0.0478 e. The minimum absolute atomic E-state index is 0.875. The maximum absolute atomic E-state index is 5.49. The van der Waals surface area contributed by atoms with Crippen molar-refractivity contribution in [2.24, 2.45) is 0 Å². The van der Waals surface area contributed by atoms with E-state index in [9.17, 15) is 0 Å². The van der Waals surface area contributed by atoms with E-state index in [-0.39, 0.29) is 0 Å². The zero-order valence-corrected chi connectivity index (χ0v) is 10.8. The minimum atomic E-state index is 0.875. The molecular weight excluding hydrogens is 212 g/mol. The molecule has 0 saturated heterocycles. The summed E-state index contributed by atoms with van der Waals surface area (Å²) >= 11 is 0. The van der Waals surface area contributed by atoms with Crippen molar-refractivity contribution in [3.05, 3.63) is 30.1 Å². The largest absolute Gasteiger partial charge is 0.381 e. The number of unbranched alkanes of at least 4 members (excludes halogenated alkanes) is 1. The van der Waals surface area contributed by atoms with Crippen molar-refractivity contribution in [1.29, 1.82) is 0 Å². The molecule has 1 rings (SSSR count). The lowest BCUT2D eigenvalue weighted by Crippen LogP contribution is -2.19. The quantitative estimate of drug-likeness (QED) is 0.634. The van der Waals surface area contributed by atoms with Crippen LogP contribution in [0.3, 0.4) is 0 Å². The molecule has 0 aliphatic carbocycles. The lowest BCUT2D eigenvalue weighted by atomic mass is 10.2. The Balaban J connectivity index is 1.85. The number of hydrogen-bond donors (Lipinski definition) is 1. The molecule has 0 saturated carbocycles. The molecule has 0 bridgehead atoms. The second-order valence-corrected chi connectivity index (χ2v) is 4.18. The highest BCUT2D eigenvalue weighted by Gasteiger charge is 1.92. The van der Waals surface area contributed by atoms with Gasteiger partial charge in [0.1, 0.15) is 0 Å². The summed E-state index contributed by atoms with van der Waals surface area (Å²) in [7, 11) is 0. The smallest absolute Gasteiger partial charge is 0.0478 e. The van der Waals surface area contributed by atoms with Crippen LogP contribution >= 0.6 is 0 Å². The molecule has 3 nitrogen and oxygen atoms in total. The minimum Gasteiger partial charge on any atom is -0.381 e. The van der Waals surface area contributed by atoms with Gasteiger partial charge in [-0.2, -0.15) is 0 Å². The van der Waals surface area contributed by atoms with Gasteiger partial charge in [-0.05, 0) is 44.0 Å². The average molecular weight is 236 g/mol. The first kappa shape index (κ1) is 14.1. The van der Waals surface area contributed by atoms with Crippen LogP contribution < -0.4 is 5.32 Å². The number of hydrogen-bond acceptors (Lipinski definition) is 3. The van der Waals surface area contributed by atoms with Crippen molar-refractivity contribution in [1.82, 2.24) is 10.3 Å². The van der Waals surface area contributed by atoms with Crippen molar-refractivity contribution in [2.45, 2.75) is 32.6 Å². The van der Waals surface area contributed by atoms with Crippen molar-refractivity contribution in [2.75, 3.05) is 26.3 Å². The first-order valence-electron chi connectivity index (χ1n) is 6.61. The van der Waals surface area contributed by atoms with Crippen LogP contribution in [0.1, 0.15) is 31.7 Å². The van der Waals surface area contributed by atoms with E-state index in [1.807, 2.05) is 18.5 Å². The summed E-state index contributed by atoms with van der Waals surface area (Å²) in [6.45, 7) is 6.02. The van der Waals surface area contributed by atoms with Gasteiger partial charge in [-0.25, -0.2) is 0 Å². The zero-order chi connectivity index (χ0) is 12.2. The highest BCUT2D eigenvalue weighted by atomic mass is 16.5. The van der Waals surface area contributed by atoms with Gasteiger partial charge >= 0.3 is 0 Å². The SMILES string of the molecule is CCCCOCCCNCCc1cccnc1. The molecule has 0 unspecified atom stereocenters. The van der Waals surface area contributed by atoms with Gasteiger partial charge in [0.05, 0.1) is 0 Å². The summed E-state index contributed by atoms with van der Waals surface area (Å²) in [6.07, 6.45) is 8.26. The van der Waals surface area contributed by atoms with Crippen molar-refractivity contribution in [3.8, 4) is 0 Å². The van der Waals surface area contributed by atoms with E-state index in [1.165, 1.54) is 18.4 Å². The van der Waals surface area contributed by atoms with Crippen molar-refractivity contribution < 1.29 is 4.74 Å². The van der Waals surface area contributed by atoms with Gasteiger partial charge in [0.15, 0.2) is 0 Å². The van der Waals surface area contributed by atoms with Gasteiger partial charge in [-0.15, -0.1) is 0 Å². The number of pyridine rings is 1. The van der Waals surface area contributed by atoms with Crippen LogP contribution in [-0.4, -0.2) is 31.3 Å². The predicted octanol–water partition coefficient (Wildman–Crippen LogP) is 2.42.